The molecule has 0 atom stereocenters. The van der Waals surface area contributed by atoms with E-state index in [0.717, 1.165) is 39.0 Å². The van der Waals surface area contributed by atoms with Crippen molar-refractivity contribution in [2.24, 2.45) is 0 Å². The minimum absolute atomic E-state index is 0.113. The first-order chi connectivity index (χ1) is 22.1. The van der Waals surface area contributed by atoms with Crippen molar-refractivity contribution in [3.8, 4) is 22.3 Å². The van der Waals surface area contributed by atoms with Gasteiger partial charge in [0.1, 0.15) is 5.58 Å². The van der Waals surface area contributed by atoms with Crippen molar-refractivity contribution in [2.75, 3.05) is 4.90 Å². The van der Waals surface area contributed by atoms with Gasteiger partial charge in [-0.25, -0.2) is 0 Å². The molecule has 1 heterocycles. The highest BCUT2D eigenvalue weighted by Crippen LogP contribution is 2.52. The normalized spacial score (nSPS) is 13.3. The molecule has 0 saturated carbocycles. The van der Waals surface area contributed by atoms with Gasteiger partial charge in [-0.05, 0) is 69.1 Å². The highest BCUT2D eigenvalue weighted by molar-refractivity contribution is 6.13. The third-order valence-corrected chi connectivity index (χ3v) is 9.68. The Morgan fingerprint density at radius 3 is 2.00 bits per heavy atom. The first-order valence-electron chi connectivity index (χ1n) is 15.6. The maximum absolute atomic E-state index is 6.66. The van der Waals surface area contributed by atoms with Crippen molar-refractivity contribution < 1.29 is 4.42 Å². The Bertz CT molecular complexity index is 2410. The molecule has 1 aliphatic carbocycles. The molecule has 1 aliphatic rings. The van der Waals surface area contributed by atoms with Crippen LogP contribution < -0.4 is 4.90 Å². The third kappa shape index (κ3) is 3.82. The number of nitrogens with zero attached hydrogens (tertiary/aromatic N) is 1. The van der Waals surface area contributed by atoms with Crippen LogP contribution in [0.5, 0.6) is 0 Å². The SMILES string of the molecule is CC1(C)c2ccccc2-c2ccc(N(c3ccc(-c4ccccc4)c4ccccc34)c3cccc4c3oc3ccccc34)cc21. The van der Waals surface area contributed by atoms with E-state index in [2.05, 4.69) is 164 Å². The van der Waals surface area contributed by atoms with Gasteiger partial charge in [0.15, 0.2) is 5.58 Å². The van der Waals surface area contributed by atoms with Crippen molar-refractivity contribution in [2.45, 2.75) is 19.3 Å². The first kappa shape index (κ1) is 25.9. The molecular weight excluding hydrogens is 546 g/mol. The van der Waals surface area contributed by atoms with Crippen LogP contribution >= 0.6 is 0 Å². The van der Waals surface area contributed by atoms with Crippen LogP contribution in [0.4, 0.5) is 17.1 Å². The van der Waals surface area contributed by atoms with Crippen molar-refractivity contribution >= 4 is 49.8 Å². The summed E-state index contributed by atoms with van der Waals surface area (Å²) in [6, 6.07) is 54.6. The van der Waals surface area contributed by atoms with Gasteiger partial charge >= 0.3 is 0 Å². The molecule has 0 radical (unpaired) electrons. The Morgan fingerprint density at radius 2 is 1.13 bits per heavy atom. The van der Waals surface area contributed by atoms with E-state index in [1.807, 2.05) is 6.07 Å². The molecule has 2 heteroatoms. The van der Waals surface area contributed by atoms with Gasteiger partial charge in [-0.15, -0.1) is 0 Å². The summed E-state index contributed by atoms with van der Waals surface area (Å²) in [5, 5.41) is 4.66. The fraction of sp³-hybridized carbons (Fsp3) is 0.0698. The lowest BCUT2D eigenvalue weighted by molar-refractivity contribution is 0.660. The largest absolute Gasteiger partial charge is 0.454 e. The Morgan fingerprint density at radius 1 is 0.467 bits per heavy atom. The van der Waals surface area contributed by atoms with Gasteiger partial charge in [-0.3, -0.25) is 0 Å². The van der Waals surface area contributed by atoms with E-state index in [1.165, 1.54) is 44.2 Å². The van der Waals surface area contributed by atoms with E-state index >= 15 is 0 Å². The third-order valence-electron chi connectivity index (χ3n) is 9.68. The molecule has 0 unspecified atom stereocenters. The van der Waals surface area contributed by atoms with Crippen LogP contribution in [0.1, 0.15) is 25.0 Å². The van der Waals surface area contributed by atoms with Gasteiger partial charge in [0.05, 0.1) is 11.4 Å². The van der Waals surface area contributed by atoms with E-state index in [-0.39, 0.29) is 5.41 Å². The summed E-state index contributed by atoms with van der Waals surface area (Å²) in [6.07, 6.45) is 0. The van der Waals surface area contributed by atoms with E-state index in [1.54, 1.807) is 0 Å². The zero-order valence-electron chi connectivity index (χ0n) is 25.3. The molecule has 0 bridgehead atoms. The van der Waals surface area contributed by atoms with Crippen LogP contribution in [-0.4, -0.2) is 0 Å². The summed E-state index contributed by atoms with van der Waals surface area (Å²) >= 11 is 0. The second kappa shape index (κ2) is 9.70. The number of furan rings is 1. The average molecular weight is 578 g/mol. The summed E-state index contributed by atoms with van der Waals surface area (Å²) in [4.78, 5) is 2.40. The van der Waals surface area contributed by atoms with Gasteiger partial charge < -0.3 is 9.32 Å². The number of hydrogen-bond acceptors (Lipinski definition) is 2. The number of benzene rings is 7. The average Bonchev–Trinajstić information content (AvgIpc) is 3.58. The molecule has 8 aromatic rings. The summed E-state index contributed by atoms with van der Waals surface area (Å²) in [7, 11) is 0. The second-order valence-electron chi connectivity index (χ2n) is 12.5. The summed E-state index contributed by atoms with van der Waals surface area (Å²) in [5.74, 6) is 0. The molecule has 1 aromatic heterocycles. The van der Waals surface area contributed by atoms with Gasteiger partial charge in [0.25, 0.3) is 0 Å². The van der Waals surface area contributed by atoms with E-state index in [9.17, 15) is 0 Å². The Labute approximate surface area is 262 Å². The lowest BCUT2D eigenvalue weighted by atomic mass is 9.82. The molecule has 0 amide bonds. The molecule has 2 nitrogen and oxygen atoms in total. The van der Waals surface area contributed by atoms with Gasteiger partial charge in [0.2, 0.25) is 0 Å². The molecule has 0 fully saturated rings. The zero-order chi connectivity index (χ0) is 30.1. The number of anilines is 3. The highest BCUT2D eigenvalue weighted by Gasteiger charge is 2.36. The maximum Gasteiger partial charge on any atom is 0.159 e. The molecule has 9 rings (SSSR count). The molecular formula is C43H31NO. The summed E-state index contributed by atoms with van der Waals surface area (Å²) < 4.78 is 6.66. The molecule has 7 aromatic carbocycles. The molecule has 0 spiro atoms. The number of hydrogen-bond donors (Lipinski definition) is 0. The standard InChI is InChI=1S/C43H31NO/c1-43(2)37-20-10-8-16-32(37)33-24-23-29(27-38(33)43)44(40-21-12-19-36-35-18-9-11-22-41(35)45-42(36)40)39-26-25-30(28-13-4-3-5-14-28)31-15-6-7-17-34(31)39/h3-27H,1-2H3. The first-order valence-corrected chi connectivity index (χ1v) is 15.6. The van der Waals surface area contributed by atoms with Gasteiger partial charge in [0, 0.05) is 27.3 Å². The highest BCUT2D eigenvalue weighted by atomic mass is 16.3. The monoisotopic (exact) mass is 577 g/mol. The van der Waals surface area contributed by atoms with Crippen molar-refractivity contribution in [1.82, 2.24) is 0 Å². The van der Waals surface area contributed by atoms with Gasteiger partial charge in [-0.2, -0.15) is 0 Å². The molecule has 0 aliphatic heterocycles. The van der Waals surface area contributed by atoms with Crippen LogP contribution in [0.15, 0.2) is 156 Å². The Hall–Kier alpha value is -5.60. The minimum atomic E-state index is -0.113. The number of para-hydroxylation sites is 2. The van der Waals surface area contributed by atoms with E-state index in [4.69, 9.17) is 4.42 Å². The van der Waals surface area contributed by atoms with Crippen LogP contribution in [0.3, 0.4) is 0 Å². The van der Waals surface area contributed by atoms with Crippen LogP contribution in [0.25, 0.3) is 55.0 Å². The fourth-order valence-corrected chi connectivity index (χ4v) is 7.50. The lowest BCUT2D eigenvalue weighted by Gasteiger charge is -2.29. The van der Waals surface area contributed by atoms with Crippen molar-refractivity contribution in [1.29, 1.82) is 0 Å². The lowest BCUT2D eigenvalue weighted by Crippen LogP contribution is -2.16. The number of fused-ring (bicyclic) bond motifs is 7. The predicted molar refractivity (Wildman–Crippen MR) is 189 cm³/mol. The van der Waals surface area contributed by atoms with Crippen LogP contribution in [0.2, 0.25) is 0 Å². The van der Waals surface area contributed by atoms with Crippen LogP contribution in [-0.2, 0) is 5.41 Å². The predicted octanol–water partition coefficient (Wildman–Crippen LogP) is 12.2. The summed E-state index contributed by atoms with van der Waals surface area (Å²) in [5.41, 5.74) is 12.7. The van der Waals surface area contributed by atoms with E-state index < -0.39 is 0 Å². The van der Waals surface area contributed by atoms with Crippen LogP contribution in [0, 0.1) is 0 Å². The Balaban J connectivity index is 1.34. The quantitative estimate of drug-likeness (QED) is 0.207. The Kier molecular flexibility index (Phi) is 5.58. The topological polar surface area (TPSA) is 16.4 Å². The van der Waals surface area contributed by atoms with Crippen molar-refractivity contribution in [3.05, 3.63) is 163 Å². The van der Waals surface area contributed by atoms with Crippen molar-refractivity contribution in [3.63, 3.8) is 0 Å². The fourth-order valence-electron chi connectivity index (χ4n) is 7.50. The maximum atomic E-state index is 6.66. The molecule has 0 N–H and O–H groups in total. The molecule has 214 valence electrons. The molecule has 45 heavy (non-hydrogen) atoms. The second-order valence-corrected chi connectivity index (χ2v) is 12.5. The summed E-state index contributed by atoms with van der Waals surface area (Å²) in [6.45, 7) is 4.69. The minimum Gasteiger partial charge on any atom is -0.454 e. The molecule has 0 saturated heterocycles. The van der Waals surface area contributed by atoms with E-state index in [0.29, 0.717) is 0 Å². The zero-order valence-corrected chi connectivity index (χ0v) is 25.3. The van der Waals surface area contributed by atoms with Gasteiger partial charge in [-0.1, -0.05) is 135 Å². The smallest absolute Gasteiger partial charge is 0.159 e. The number of rotatable bonds is 4.